The molecule has 0 radical (unpaired) electrons. The van der Waals surface area contributed by atoms with Crippen molar-refractivity contribution in [1.82, 2.24) is 4.90 Å². The maximum absolute atomic E-state index is 13.1. The van der Waals surface area contributed by atoms with Crippen LogP contribution >= 0.6 is 0 Å². The molecule has 6 heteroatoms. The number of rotatable bonds is 7. The summed E-state index contributed by atoms with van der Waals surface area (Å²) in [5.74, 6) is -0.236. The molecule has 0 aromatic heterocycles. The summed E-state index contributed by atoms with van der Waals surface area (Å²) in [6.45, 7) is 0.325. The highest BCUT2D eigenvalue weighted by Crippen LogP contribution is 2.39. The van der Waals surface area contributed by atoms with Gasteiger partial charge in [-0.3, -0.25) is 9.59 Å². The number of carbonyl (C=O) groups is 2. The molecule has 1 heterocycles. The maximum atomic E-state index is 13.1. The molecule has 33 heavy (non-hydrogen) atoms. The van der Waals surface area contributed by atoms with Crippen molar-refractivity contribution in [3.63, 3.8) is 0 Å². The molecule has 1 N–H and O–H groups in total. The normalized spacial score (nSPS) is 17.3. The van der Waals surface area contributed by atoms with Gasteiger partial charge in [0.15, 0.2) is 0 Å². The van der Waals surface area contributed by atoms with E-state index >= 15 is 0 Å². The lowest BCUT2D eigenvalue weighted by Crippen LogP contribution is -2.31. The lowest BCUT2D eigenvalue weighted by molar-refractivity contribution is -0.139. The van der Waals surface area contributed by atoms with Crippen LogP contribution in [0.1, 0.15) is 22.7 Å². The zero-order valence-electron chi connectivity index (χ0n) is 18.5. The number of amides is 1. The summed E-state index contributed by atoms with van der Waals surface area (Å²) < 4.78 is 10.4. The molecule has 1 unspecified atom stereocenters. The largest absolute Gasteiger partial charge is 0.507 e. The molecule has 1 saturated heterocycles. The molecule has 1 aliphatic rings. The van der Waals surface area contributed by atoms with E-state index in [1.807, 2.05) is 54.6 Å². The zero-order valence-corrected chi connectivity index (χ0v) is 18.5. The number of benzene rings is 3. The molecule has 6 nitrogen and oxygen atoms in total. The van der Waals surface area contributed by atoms with Crippen molar-refractivity contribution in [2.24, 2.45) is 0 Å². The van der Waals surface area contributed by atoms with E-state index in [4.69, 9.17) is 9.47 Å². The molecule has 1 amide bonds. The number of methoxy groups -OCH3 is 2. The molecule has 3 aromatic carbocycles. The number of aliphatic hydroxyl groups is 1. The smallest absolute Gasteiger partial charge is 0.295 e. The summed E-state index contributed by atoms with van der Waals surface area (Å²) in [5.41, 5.74) is 2.27. The van der Waals surface area contributed by atoms with E-state index < -0.39 is 17.7 Å². The van der Waals surface area contributed by atoms with E-state index in [0.717, 1.165) is 16.9 Å². The first kappa shape index (κ1) is 22.1. The highest BCUT2D eigenvalue weighted by Gasteiger charge is 2.45. The Morgan fingerprint density at radius 2 is 1.58 bits per heavy atom. The minimum Gasteiger partial charge on any atom is -0.507 e. The third-order valence-corrected chi connectivity index (χ3v) is 5.80. The molecule has 1 aliphatic heterocycles. The van der Waals surface area contributed by atoms with Gasteiger partial charge in [0.1, 0.15) is 17.3 Å². The predicted molar refractivity (Wildman–Crippen MR) is 125 cm³/mol. The minimum atomic E-state index is -0.695. The second-order valence-corrected chi connectivity index (χ2v) is 7.73. The average molecular weight is 443 g/mol. The lowest BCUT2D eigenvalue weighted by atomic mass is 9.95. The molecule has 0 saturated carbocycles. The standard InChI is InChI=1S/C27H25NO5/c1-32-21-13-11-18(12-14-21)15-16-28-24(19-7-4-3-5-8-19)23(26(30)27(28)31)25(29)20-9-6-10-22(17-20)33-2/h3-14,17,24,29H,15-16H2,1-2H3/b25-23-. The number of likely N-dealkylation sites (tertiary alicyclic amines) is 1. The molecule has 1 fully saturated rings. The van der Waals surface area contributed by atoms with E-state index in [0.29, 0.717) is 24.3 Å². The van der Waals surface area contributed by atoms with Gasteiger partial charge < -0.3 is 19.5 Å². The van der Waals surface area contributed by atoms with Crippen molar-refractivity contribution < 1.29 is 24.2 Å². The monoisotopic (exact) mass is 443 g/mol. The summed E-state index contributed by atoms with van der Waals surface area (Å²) in [5, 5.41) is 11.1. The van der Waals surface area contributed by atoms with Crippen LogP contribution in [0.2, 0.25) is 0 Å². The Bertz CT molecular complexity index is 1180. The van der Waals surface area contributed by atoms with Gasteiger partial charge in [0, 0.05) is 12.1 Å². The Hall–Kier alpha value is -4.06. The Labute approximate surface area is 192 Å². The van der Waals surface area contributed by atoms with Crippen LogP contribution in [0.5, 0.6) is 11.5 Å². The number of carbonyl (C=O) groups excluding carboxylic acids is 2. The Kier molecular flexibility index (Phi) is 6.45. The molecular formula is C27H25NO5. The van der Waals surface area contributed by atoms with Crippen LogP contribution in [0.25, 0.3) is 5.76 Å². The molecule has 0 aliphatic carbocycles. The summed E-state index contributed by atoms with van der Waals surface area (Å²) in [6, 6.07) is 23.0. The number of ether oxygens (including phenoxy) is 2. The number of aliphatic hydroxyl groups excluding tert-OH is 1. The van der Waals surface area contributed by atoms with Gasteiger partial charge >= 0.3 is 0 Å². The second kappa shape index (κ2) is 9.61. The summed E-state index contributed by atoms with van der Waals surface area (Å²) >= 11 is 0. The van der Waals surface area contributed by atoms with Crippen LogP contribution in [0.4, 0.5) is 0 Å². The fourth-order valence-electron chi connectivity index (χ4n) is 4.06. The topological polar surface area (TPSA) is 76.1 Å². The molecule has 0 bridgehead atoms. The third kappa shape index (κ3) is 4.46. The molecular weight excluding hydrogens is 418 g/mol. The van der Waals surface area contributed by atoms with E-state index in [1.165, 1.54) is 12.0 Å². The first-order valence-corrected chi connectivity index (χ1v) is 10.6. The number of hydrogen-bond acceptors (Lipinski definition) is 5. The fourth-order valence-corrected chi connectivity index (χ4v) is 4.06. The van der Waals surface area contributed by atoms with E-state index in [2.05, 4.69) is 0 Å². The van der Waals surface area contributed by atoms with Gasteiger partial charge in [-0.1, -0.05) is 54.6 Å². The number of Topliss-reactive ketones (excluding diaryl/α,β-unsaturated/α-hetero) is 1. The van der Waals surface area contributed by atoms with Crippen LogP contribution in [-0.2, 0) is 16.0 Å². The highest BCUT2D eigenvalue weighted by atomic mass is 16.5. The van der Waals surface area contributed by atoms with Crippen molar-refractivity contribution in [3.05, 3.63) is 101 Å². The van der Waals surface area contributed by atoms with Crippen LogP contribution in [0, 0.1) is 0 Å². The van der Waals surface area contributed by atoms with Crippen LogP contribution in [-0.4, -0.2) is 42.5 Å². The summed E-state index contributed by atoms with van der Waals surface area (Å²) in [7, 11) is 3.14. The van der Waals surface area contributed by atoms with Crippen molar-refractivity contribution in [2.75, 3.05) is 20.8 Å². The molecule has 4 rings (SSSR count). The Morgan fingerprint density at radius 1 is 0.879 bits per heavy atom. The third-order valence-electron chi connectivity index (χ3n) is 5.80. The van der Waals surface area contributed by atoms with Gasteiger partial charge in [-0.25, -0.2) is 0 Å². The van der Waals surface area contributed by atoms with Gasteiger partial charge in [0.05, 0.1) is 25.8 Å². The molecule has 168 valence electrons. The molecule has 0 spiro atoms. The summed E-state index contributed by atoms with van der Waals surface area (Å²) in [6.07, 6.45) is 0.555. The second-order valence-electron chi connectivity index (χ2n) is 7.73. The Balaban J connectivity index is 1.73. The van der Waals surface area contributed by atoms with Crippen molar-refractivity contribution in [3.8, 4) is 11.5 Å². The van der Waals surface area contributed by atoms with Crippen molar-refractivity contribution >= 4 is 17.4 Å². The van der Waals surface area contributed by atoms with Crippen LogP contribution in [0.15, 0.2) is 84.4 Å². The van der Waals surface area contributed by atoms with Crippen molar-refractivity contribution in [1.29, 1.82) is 0 Å². The Morgan fingerprint density at radius 3 is 2.24 bits per heavy atom. The van der Waals surface area contributed by atoms with Gasteiger partial charge in [0.25, 0.3) is 11.7 Å². The number of ketones is 1. The lowest BCUT2D eigenvalue weighted by Gasteiger charge is -2.25. The zero-order chi connectivity index (χ0) is 23.4. The quantitative estimate of drug-likeness (QED) is 0.333. The SMILES string of the molecule is COc1ccc(CCN2C(=O)C(=O)/C(=C(\O)c3cccc(OC)c3)C2c2ccccc2)cc1. The van der Waals surface area contributed by atoms with Crippen LogP contribution < -0.4 is 9.47 Å². The van der Waals surface area contributed by atoms with Gasteiger partial charge in [-0.15, -0.1) is 0 Å². The van der Waals surface area contributed by atoms with Crippen LogP contribution in [0.3, 0.4) is 0 Å². The number of nitrogens with zero attached hydrogens (tertiary/aromatic N) is 1. The van der Waals surface area contributed by atoms with E-state index in [9.17, 15) is 14.7 Å². The van der Waals surface area contributed by atoms with Gasteiger partial charge in [-0.05, 0) is 41.8 Å². The minimum absolute atomic E-state index is 0.0779. The molecule has 3 aromatic rings. The van der Waals surface area contributed by atoms with Gasteiger partial charge in [0.2, 0.25) is 0 Å². The summed E-state index contributed by atoms with van der Waals surface area (Å²) in [4.78, 5) is 27.7. The fraction of sp³-hybridized carbons (Fsp3) is 0.185. The van der Waals surface area contributed by atoms with E-state index in [1.54, 1.807) is 31.4 Å². The van der Waals surface area contributed by atoms with Crippen molar-refractivity contribution in [2.45, 2.75) is 12.5 Å². The first-order chi connectivity index (χ1) is 16.0. The van der Waals surface area contributed by atoms with E-state index in [-0.39, 0.29) is 11.3 Å². The highest BCUT2D eigenvalue weighted by molar-refractivity contribution is 6.46. The average Bonchev–Trinajstić information content (AvgIpc) is 3.12. The first-order valence-electron chi connectivity index (χ1n) is 10.6. The molecule has 1 atom stereocenters. The number of hydrogen-bond donors (Lipinski definition) is 1. The predicted octanol–water partition coefficient (Wildman–Crippen LogP) is 4.37. The maximum Gasteiger partial charge on any atom is 0.295 e. The van der Waals surface area contributed by atoms with Gasteiger partial charge in [-0.2, -0.15) is 0 Å².